The second kappa shape index (κ2) is 5.23. The number of carbonyl (C=O) groups is 1. The van der Waals surface area contributed by atoms with Crippen LogP contribution in [0, 0.1) is 0 Å². The average molecular weight is 261 g/mol. The van der Waals surface area contributed by atoms with E-state index >= 15 is 0 Å². The summed E-state index contributed by atoms with van der Waals surface area (Å²) in [6.07, 6.45) is -0.445. The molecule has 1 aromatic heterocycles. The van der Waals surface area contributed by atoms with Gasteiger partial charge >= 0.3 is 6.09 Å². The number of hydrogen-bond donors (Lipinski definition) is 1. The van der Waals surface area contributed by atoms with Gasteiger partial charge in [-0.3, -0.25) is 0 Å². The zero-order valence-electron chi connectivity index (χ0n) is 10.3. The van der Waals surface area contributed by atoms with Gasteiger partial charge in [0.25, 0.3) is 0 Å². The van der Waals surface area contributed by atoms with Crippen LogP contribution in [-0.4, -0.2) is 6.09 Å². The standard InChI is InChI=1S/C14H15NO2S/c1-14(2,12-9-6-10-18-12)15-13(16)17-11-7-4-3-5-8-11/h3-10H,1-2H3,(H,15,16). The molecule has 0 fully saturated rings. The third kappa shape index (κ3) is 3.11. The molecule has 0 aliphatic heterocycles. The van der Waals surface area contributed by atoms with Crippen molar-refractivity contribution in [3.8, 4) is 5.75 Å². The molecule has 2 rings (SSSR count). The molecule has 0 bridgehead atoms. The number of rotatable bonds is 3. The molecule has 1 amide bonds. The van der Waals surface area contributed by atoms with E-state index in [4.69, 9.17) is 4.74 Å². The number of nitrogens with one attached hydrogen (secondary N) is 1. The second-order valence-electron chi connectivity index (χ2n) is 4.43. The molecule has 0 spiro atoms. The highest BCUT2D eigenvalue weighted by Crippen LogP contribution is 2.24. The number of thiophene rings is 1. The van der Waals surface area contributed by atoms with E-state index < -0.39 is 11.6 Å². The van der Waals surface area contributed by atoms with E-state index in [1.807, 2.05) is 49.6 Å². The van der Waals surface area contributed by atoms with Crippen LogP contribution in [0.2, 0.25) is 0 Å². The zero-order chi connectivity index (χ0) is 13.0. The highest BCUT2D eigenvalue weighted by molar-refractivity contribution is 7.10. The van der Waals surface area contributed by atoms with Crippen LogP contribution in [0.15, 0.2) is 47.8 Å². The molecule has 0 radical (unpaired) electrons. The smallest absolute Gasteiger partial charge is 0.410 e. The molecule has 18 heavy (non-hydrogen) atoms. The van der Waals surface area contributed by atoms with Crippen LogP contribution in [-0.2, 0) is 5.54 Å². The van der Waals surface area contributed by atoms with E-state index in [1.54, 1.807) is 23.5 Å². The van der Waals surface area contributed by atoms with Crippen LogP contribution in [0.1, 0.15) is 18.7 Å². The van der Waals surface area contributed by atoms with Gasteiger partial charge < -0.3 is 10.1 Å². The number of ether oxygens (including phenoxy) is 1. The predicted octanol–water partition coefficient (Wildman–Crippen LogP) is 3.77. The molecule has 0 unspecified atom stereocenters. The number of amides is 1. The predicted molar refractivity (Wildman–Crippen MR) is 72.9 cm³/mol. The molecule has 0 aliphatic carbocycles. The Bertz CT molecular complexity index is 506. The lowest BCUT2D eigenvalue weighted by Crippen LogP contribution is -2.41. The quantitative estimate of drug-likeness (QED) is 0.913. The van der Waals surface area contributed by atoms with E-state index in [9.17, 15) is 4.79 Å². The van der Waals surface area contributed by atoms with Crippen LogP contribution in [0.25, 0.3) is 0 Å². The molecule has 0 saturated heterocycles. The van der Waals surface area contributed by atoms with Gasteiger partial charge in [-0.15, -0.1) is 11.3 Å². The Hall–Kier alpha value is -1.81. The van der Waals surface area contributed by atoms with Crippen molar-refractivity contribution >= 4 is 17.4 Å². The Morgan fingerprint density at radius 1 is 1.17 bits per heavy atom. The number of para-hydroxylation sites is 1. The zero-order valence-corrected chi connectivity index (χ0v) is 11.2. The van der Waals surface area contributed by atoms with Crippen LogP contribution in [0.5, 0.6) is 5.75 Å². The fourth-order valence-electron chi connectivity index (χ4n) is 1.57. The Balaban J connectivity index is 2.00. The minimum absolute atomic E-state index is 0.431. The van der Waals surface area contributed by atoms with Crippen LogP contribution in [0.3, 0.4) is 0 Å². The maximum Gasteiger partial charge on any atom is 0.413 e. The highest BCUT2D eigenvalue weighted by Gasteiger charge is 2.24. The summed E-state index contributed by atoms with van der Waals surface area (Å²) in [5.74, 6) is 0.539. The summed E-state index contributed by atoms with van der Waals surface area (Å²) in [5, 5.41) is 4.84. The minimum atomic E-state index is -0.445. The summed E-state index contributed by atoms with van der Waals surface area (Å²) in [5.41, 5.74) is -0.431. The minimum Gasteiger partial charge on any atom is -0.410 e. The monoisotopic (exact) mass is 261 g/mol. The summed E-state index contributed by atoms with van der Waals surface area (Å²) in [6, 6.07) is 13.0. The maximum absolute atomic E-state index is 11.8. The fraction of sp³-hybridized carbons (Fsp3) is 0.214. The van der Waals surface area contributed by atoms with Crippen molar-refractivity contribution in [3.63, 3.8) is 0 Å². The van der Waals surface area contributed by atoms with Crippen molar-refractivity contribution in [1.82, 2.24) is 5.32 Å². The van der Waals surface area contributed by atoms with Crippen LogP contribution < -0.4 is 10.1 Å². The lowest BCUT2D eigenvalue weighted by atomic mass is 10.0. The highest BCUT2D eigenvalue weighted by atomic mass is 32.1. The Morgan fingerprint density at radius 2 is 1.89 bits per heavy atom. The van der Waals surface area contributed by atoms with Crippen LogP contribution >= 0.6 is 11.3 Å². The topological polar surface area (TPSA) is 38.3 Å². The van der Waals surface area contributed by atoms with E-state index in [2.05, 4.69) is 5.32 Å². The molecule has 1 aromatic carbocycles. The molecule has 1 N–H and O–H groups in total. The van der Waals surface area contributed by atoms with Gasteiger partial charge in [-0.2, -0.15) is 0 Å². The van der Waals surface area contributed by atoms with Gasteiger partial charge in [-0.1, -0.05) is 24.3 Å². The van der Waals surface area contributed by atoms with Gasteiger partial charge in [0.2, 0.25) is 0 Å². The van der Waals surface area contributed by atoms with Gasteiger partial charge in [0.15, 0.2) is 0 Å². The number of benzene rings is 1. The average Bonchev–Trinajstić information content (AvgIpc) is 2.83. The summed E-state index contributed by atoms with van der Waals surface area (Å²) < 4.78 is 5.20. The number of hydrogen-bond acceptors (Lipinski definition) is 3. The largest absolute Gasteiger partial charge is 0.413 e. The third-order valence-corrected chi connectivity index (χ3v) is 3.70. The van der Waals surface area contributed by atoms with Gasteiger partial charge in [0, 0.05) is 4.88 Å². The normalized spacial score (nSPS) is 11.0. The molecule has 4 heteroatoms. The van der Waals surface area contributed by atoms with Gasteiger partial charge in [0.1, 0.15) is 5.75 Å². The number of carbonyl (C=O) groups excluding carboxylic acids is 1. The molecule has 3 nitrogen and oxygen atoms in total. The molecule has 1 heterocycles. The Kier molecular flexibility index (Phi) is 3.67. The third-order valence-electron chi connectivity index (χ3n) is 2.51. The van der Waals surface area contributed by atoms with Crippen molar-refractivity contribution < 1.29 is 9.53 Å². The molecule has 2 aromatic rings. The molecular formula is C14H15NO2S. The van der Waals surface area contributed by atoms with Crippen molar-refractivity contribution in [1.29, 1.82) is 0 Å². The van der Waals surface area contributed by atoms with E-state index in [-0.39, 0.29) is 0 Å². The first-order valence-electron chi connectivity index (χ1n) is 5.67. The first-order valence-corrected chi connectivity index (χ1v) is 6.55. The lowest BCUT2D eigenvalue weighted by molar-refractivity contribution is 0.189. The Morgan fingerprint density at radius 3 is 2.50 bits per heavy atom. The van der Waals surface area contributed by atoms with Gasteiger partial charge in [0.05, 0.1) is 5.54 Å². The molecule has 0 saturated carbocycles. The summed E-state index contributed by atoms with van der Waals surface area (Å²) in [4.78, 5) is 12.9. The van der Waals surface area contributed by atoms with Crippen molar-refractivity contribution in [2.24, 2.45) is 0 Å². The first kappa shape index (κ1) is 12.6. The Labute approximate surface area is 110 Å². The van der Waals surface area contributed by atoms with E-state index in [0.29, 0.717) is 5.75 Å². The maximum atomic E-state index is 11.8. The summed E-state index contributed by atoms with van der Waals surface area (Å²) >= 11 is 1.61. The van der Waals surface area contributed by atoms with E-state index in [1.165, 1.54) is 0 Å². The van der Waals surface area contributed by atoms with Crippen molar-refractivity contribution in [3.05, 3.63) is 52.7 Å². The molecular weight excluding hydrogens is 246 g/mol. The summed E-state index contributed by atoms with van der Waals surface area (Å²) in [7, 11) is 0. The van der Waals surface area contributed by atoms with Crippen molar-refractivity contribution in [2.45, 2.75) is 19.4 Å². The summed E-state index contributed by atoms with van der Waals surface area (Å²) in [6.45, 7) is 3.90. The second-order valence-corrected chi connectivity index (χ2v) is 5.38. The lowest BCUT2D eigenvalue weighted by Gasteiger charge is -2.24. The fourth-order valence-corrected chi connectivity index (χ4v) is 2.38. The van der Waals surface area contributed by atoms with Crippen LogP contribution in [0.4, 0.5) is 4.79 Å². The first-order chi connectivity index (χ1) is 8.58. The molecule has 0 aliphatic rings. The van der Waals surface area contributed by atoms with E-state index in [0.717, 1.165) is 4.88 Å². The molecule has 94 valence electrons. The van der Waals surface area contributed by atoms with Gasteiger partial charge in [-0.05, 0) is 37.4 Å². The SMILES string of the molecule is CC(C)(NC(=O)Oc1ccccc1)c1cccs1. The van der Waals surface area contributed by atoms with Gasteiger partial charge in [-0.25, -0.2) is 4.79 Å². The molecule has 0 atom stereocenters. The van der Waals surface area contributed by atoms with Crippen molar-refractivity contribution in [2.75, 3.05) is 0 Å².